The van der Waals surface area contributed by atoms with Crippen molar-refractivity contribution in [2.45, 2.75) is 322 Å². The Morgan fingerprint density at radius 3 is 1.07 bits per heavy atom. The highest BCUT2D eigenvalue weighted by atomic mass is 31.2. The van der Waals surface area contributed by atoms with E-state index in [0.29, 0.717) is 23.9 Å². The van der Waals surface area contributed by atoms with Crippen LogP contribution in [0.5, 0.6) is 0 Å². The summed E-state index contributed by atoms with van der Waals surface area (Å²) in [6.07, 6.45) is 70.9. The van der Waals surface area contributed by atoms with Crippen LogP contribution in [0.3, 0.4) is 0 Å². The number of unbranched alkanes of at least 4 members (excludes halogenated alkanes) is 40. The molecule has 0 bridgehead atoms. The normalized spacial score (nSPS) is 13.4. The maximum absolute atomic E-state index is 12.8. The minimum Gasteiger partial charge on any atom is -0.462 e. The summed E-state index contributed by atoms with van der Waals surface area (Å²) in [5, 5.41) is 0. The van der Waals surface area contributed by atoms with E-state index < -0.39 is 26.5 Å². The van der Waals surface area contributed by atoms with Crippen molar-refractivity contribution in [2.75, 3.05) is 47.5 Å². The monoisotopic (exact) mass is 1080 g/mol. The Kier molecular flexibility index (Phi) is 55.6. The van der Waals surface area contributed by atoms with Gasteiger partial charge in [-0.05, 0) is 51.4 Å². The molecule has 0 rings (SSSR count). The van der Waals surface area contributed by atoms with Gasteiger partial charge in [-0.3, -0.25) is 18.6 Å². The number of carbonyl (C=O) groups is 2. The van der Waals surface area contributed by atoms with Gasteiger partial charge in [0.1, 0.15) is 19.8 Å². The number of hydrogen-bond acceptors (Lipinski definition) is 7. The van der Waals surface area contributed by atoms with Crippen molar-refractivity contribution in [3.63, 3.8) is 0 Å². The van der Waals surface area contributed by atoms with Crippen molar-refractivity contribution in [3.8, 4) is 0 Å². The number of esters is 2. The summed E-state index contributed by atoms with van der Waals surface area (Å²) in [4.78, 5) is 35.8. The van der Waals surface area contributed by atoms with E-state index in [1.165, 1.54) is 225 Å². The molecule has 10 heteroatoms. The molecule has 9 nitrogen and oxygen atoms in total. The maximum atomic E-state index is 12.8. The average molecular weight is 1080 g/mol. The second kappa shape index (κ2) is 56.9. The Morgan fingerprint density at radius 2 is 0.720 bits per heavy atom. The van der Waals surface area contributed by atoms with Gasteiger partial charge in [0.2, 0.25) is 0 Å². The molecule has 0 aromatic rings. The van der Waals surface area contributed by atoms with Gasteiger partial charge in [-0.15, -0.1) is 0 Å². The van der Waals surface area contributed by atoms with Crippen LogP contribution in [-0.2, 0) is 32.7 Å². The summed E-state index contributed by atoms with van der Waals surface area (Å²) < 4.78 is 34.7. The third kappa shape index (κ3) is 61.3. The quantitative estimate of drug-likeness (QED) is 0.0211. The highest BCUT2D eigenvalue weighted by molar-refractivity contribution is 7.47. The van der Waals surface area contributed by atoms with Crippen molar-refractivity contribution in [1.82, 2.24) is 0 Å². The molecule has 0 radical (unpaired) electrons. The number of likely N-dealkylation sites (N-methyl/N-ethyl adjacent to an activating group) is 1. The van der Waals surface area contributed by atoms with E-state index in [1.807, 2.05) is 21.1 Å². The van der Waals surface area contributed by atoms with Gasteiger partial charge in [0.15, 0.2) is 6.10 Å². The topological polar surface area (TPSA) is 108 Å². The first-order valence-electron chi connectivity index (χ1n) is 32.2. The van der Waals surface area contributed by atoms with E-state index in [9.17, 15) is 19.0 Å². The highest BCUT2D eigenvalue weighted by Gasteiger charge is 2.27. The summed E-state index contributed by atoms with van der Waals surface area (Å²) in [7, 11) is 1.48. The summed E-state index contributed by atoms with van der Waals surface area (Å²) in [5.41, 5.74) is 0. The van der Waals surface area contributed by atoms with Gasteiger partial charge in [0, 0.05) is 12.8 Å². The minimum absolute atomic E-state index is 0.0315. The van der Waals surface area contributed by atoms with Gasteiger partial charge in [-0.1, -0.05) is 288 Å². The number of phosphoric acid groups is 1. The van der Waals surface area contributed by atoms with Gasteiger partial charge in [0.25, 0.3) is 0 Å². The van der Waals surface area contributed by atoms with Crippen LogP contribution in [0.15, 0.2) is 36.5 Å². The second-order valence-electron chi connectivity index (χ2n) is 23.2. The molecule has 2 atom stereocenters. The Bertz CT molecular complexity index is 1360. The summed E-state index contributed by atoms with van der Waals surface area (Å²) in [6, 6.07) is 0. The molecule has 0 fully saturated rings. The second-order valence-corrected chi connectivity index (χ2v) is 24.6. The number of allylic oxidation sites excluding steroid dienone is 6. The standard InChI is InChI=1S/C65H124NO8P/c1-6-8-10-12-14-16-18-20-22-24-26-28-30-31-32-33-34-36-37-39-41-43-45-47-49-51-53-55-57-64(67)71-61-63(62-73-75(69,70)72-60-59-66(3,4)5)74-65(68)58-56-54-52-50-48-46-44-42-40-38-35-29-27-25-23-21-19-17-15-13-11-9-7-2/h19,21,25,27,35,38,63H,6-18,20,22-24,26,28-34,36-37,39-62H2,1-5H3/p+1/b21-19-,27-25-,38-35-. The first kappa shape index (κ1) is 73.2. The Labute approximate surface area is 465 Å². The number of nitrogens with zero attached hydrogens (tertiary/aromatic N) is 1. The SMILES string of the molecule is CCCCCCC/C=C\C/C=C\C/C=C\CCCCCCCCCCC(=O)OC(COC(=O)CCCCCCCCCCCCCCCCCCCCCCCCCCCCCC)COP(=O)(O)OCC[N+](C)(C)C. The van der Waals surface area contributed by atoms with Crippen molar-refractivity contribution < 1.29 is 42.1 Å². The molecule has 0 aliphatic carbocycles. The maximum Gasteiger partial charge on any atom is 0.472 e. The molecular weight excluding hydrogens is 954 g/mol. The van der Waals surface area contributed by atoms with Crippen LogP contribution < -0.4 is 0 Å². The predicted octanol–water partition coefficient (Wildman–Crippen LogP) is 20.3. The van der Waals surface area contributed by atoms with Crippen molar-refractivity contribution in [2.24, 2.45) is 0 Å². The summed E-state index contributed by atoms with van der Waals surface area (Å²) in [6.45, 7) is 4.47. The average Bonchev–Trinajstić information content (AvgIpc) is 3.37. The van der Waals surface area contributed by atoms with Crippen molar-refractivity contribution >= 4 is 19.8 Å². The third-order valence-electron chi connectivity index (χ3n) is 14.4. The Hall–Kier alpha value is -1.77. The van der Waals surface area contributed by atoms with Crippen LogP contribution >= 0.6 is 7.82 Å². The number of rotatable bonds is 60. The first-order valence-corrected chi connectivity index (χ1v) is 33.7. The zero-order chi connectivity index (χ0) is 54.9. The van der Waals surface area contributed by atoms with Crippen LogP contribution in [-0.4, -0.2) is 74.9 Å². The van der Waals surface area contributed by atoms with E-state index in [0.717, 1.165) is 57.8 Å². The summed E-state index contributed by atoms with van der Waals surface area (Å²) in [5.74, 6) is -0.790. The lowest BCUT2D eigenvalue weighted by Crippen LogP contribution is -2.37. The van der Waals surface area contributed by atoms with E-state index in [4.69, 9.17) is 18.5 Å². The third-order valence-corrected chi connectivity index (χ3v) is 15.4. The number of ether oxygens (including phenoxy) is 2. The molecule has 0 aromatic heterocycles. The van der Waals surface area contributed by atoms with Crippen molar-refractivity contribution in [1.29, 1.82) is 0 Å². The molecule has 0 aromatic carbocycles. The first-order chi connectivity index (χ1) is 36.5. The smallest absolute Gasteiger partial charge is 0.462 e. The van der Waals surface area contributed by atoms with E-state index in [2.05, 4.69) is 50.3 Å². The molecule has 75 heavy (non-hydrogen) atoms. The Morgan fingerprint density at radius 1 is 0.413 bits per heavy atom. The van der Waals surface area contributed by atoms with Gasteiger partial charge in [0.05, 0.1) is 27.7 Å². The van der Waals surface area contributed by atoms with Gasteiger partial charge >= 0.3 is 19.8 Å². The van der Waals surface area contributed by atoms with Crippen LogP contribution in [0.2, 0.25) is 0 Å². The molecular formula is C65H125NO8P+. The molecule has 2 unspecified atom stereocenters. The lowest BCUT2D eigenvalue weighted by Gasteiger charge is -2.24. The zero-order valence-electron chi connectivity index (χ0n) is 50.3. The molecule has 1 N–H and O–H groups in total. The lowest BCUT2D eigenvalue weighted by molar-refractivity contribution is -0.870. The van der Waals surface area contributed by atoms with Crippen LogP contribution in [0.1, 0.15) is 316 Å². The molecule has 0 aliphatic heterocycles. The number of carbonyl (C=O) groups excluding carboxylic acids is 2. The van der Waals surface area contributed by atoms with Crippen LogP contribution in [0.25, 0.3) is 0 Å². The molecule has 442 valence electrons. The lowest BCUT2D eigenvalue weighted by atomic mass is 10.0. The van der Waals surface area contributed by atoms with Crippen molar-refractivity contribution in [3.05, 3.63) is 36.5 Å². The Balaban J connectivity index is 4.07. The van der Waals surface area contributed by atoms with Gasteiger partial charge < -0.3 is 18.9 Å². The molecule has 0 heterocycles. The van der Waals surface area contributed by atoms with Crippen LogP contribution in [0.4, 0.5) is 0 Å². The molecule has 0 spiro atoms. The number of hydrogen-bond donors (Lipinski definition) is 1. The van der Waals surface area contributed by atoms with Gasteiger partial charge in [-0.25, -0.2) is 4.57 Å². The largest absolute Gasteiger partial charge is 0.472 e. The van der Waals surface area contributed by atoms with Gasteiger partial charge in [-0.2, -0.15) is 0 Å². The highest BCUT2D eigenvalue weighted by Crippen LogP contribution is 2.43. The van der Waals surface area contributed by atoms with E-state index >= 15 is 0 Å². The summed E-state index contributed by atoms with van der Waals surface area (Å²) >= 11 is 0. The minimum atomic E-state index is -4.39. The molecule has 0 amide bonds. The fraction of sp³-hybridized carbons (Fsp3) is 0.877. The fourth-order valence-corrected chi connectivity index (χ4v) is 10.2. The van der Waals surface area contributed by atoms with E-state index in [1.54, 1.807) is 0 Å². The fourth-order valence-electron chi connectivity index (χ4n) is 9.44. The number of phosphoric ester groups is 1. The molecule has 0 aliphatic rings. The zero-order valence-corrected chi connectivity index (χ0v) is 51.2. The van der Waals surface area contributed by atoms with E-state index in [-0.39, 0.29) is 25.6 Å². The predicted molar refractivity (Wildman–Crippen MR) is 321 cm³/mol. The molecule has 0 saturated heterocycles. The number of quaternary nitrogens is 1. The van der Waals surface area contributed by atoms with Crippen LogP contribution in [0, 0.1) is 0 Å². The molecule has 0 saturated carbocycles.